The molecule has 11 nitrogen and oxygen atoms in total. The highest BCUT2D eigenvalue weighted by Crippen LogP contribution is 2.31. The third-order valence-corrected chi connectivity index (χ3v) is 5.10. The predicted molar refractivity (Wildman–Crippen MR) is 114 cm³/mol. The number of hydrogen-bond acceptors (Lipinski definition) is 7. The number of carbonyl (C=O) groups is 3. The molecule has 0 bridgehead atoms. The first-order valence-electron chi connectivity index (χ1n) is 10.6. The number of methoxy groups -OCH3 is 1. The lowest BCUT2D eigenvalue weighted by Gasteiger charge is -2.45. The molecule has 2 fully saturated rings. The van der Waals surface area contributed by atoms with E-state index in [2.05, 4.69) is 10.6 Å². The fourth-order valence-electron chi connectivity index (χ4n) is 3.55. The summed E-state index contributed by atoms with van der Waals surface area (Å²) in [5, 5.41) is 25.3. The summed E-state index contributed by atoms with van der Waals surface area (Å²) in [5.74, 6) is -2.33. The number of amides is 3. The molecule has 0 aromatic carbocycles. The van der Waals surface area contributed by atoms with Gasteiger partial charge in [-0.05, 0) is 19.3 Å². The number of carbonyl (C=O) groups excluding carboxylic acids is 2. The van der Waals surface area contributed by atoms with Crippen LogP contribution in [0.3, 0.4) is 0 Å². The van der Waals surface area contributed by atoms with Crippen molar-refractivity contribution in [3.05, 3.63) is 12.2 Å². The maximum Gasteiger partial charge on any atom is 0.407 e. The molecule has 5 atom stereocenters. The highest BCUT2D eigenvalue weighted by atomic mass is 16.7. The summed E-state index contributed by atoms with van der Waals surface area (Å²) in [6, 6.07) is -1.11. The van der Waals surface area contributed by atoms with Crippen LogP contribution in [0.2, 0.25) is 0 Å². The van der Waals surface area contributed by atoms with Crippen molar-refractivity contribution in [2.45, 2.75) is 70.9 Å². The highest BCUT2D eigenvalue weighted by molar-refractivity contribution is 5.90. The van der Waals surface area contributed by atoms with Crippen molar-refractivity contribution < 1.29 is 38.8 Å². The van der Waals surface area contributed by atoms with E-state index in [-0.39, 0.29) is 25.0 Å². The molecule has 0 radical (unpaired) electrons. The zero-order valence-electron chi connectivity index (χ0n) is 19.5. The van der Waals surface area contributed by atoms with Crippen molar-refractivity contribution in [3.8, 4) is 0 Å². The Morgan fingerprint density at radius 3 is 2.56 bits per heavy atom. The molecule has 32 heavy (non-hydrogen) atoms. The maximum atomic E-state index is 13.0. The van der Waals surface area contributed by atoms with Crippen LogP contribution in [0.1, 0.15) is 34.6 Å². The van der Waals surface area contributed by atoms with E-state index < -0.39 is 54.2 Å². The van der Waals surface area contributed by atoms with Gasteiger partial charge < -0.3 is 40.0 Å². The molecular weight excluding hydrogens is 422 g/mol. The largest absolute Gasteiger partial charge is 0.465 e. The summed E-state index contributed by atoms with van der Waals surface area (Å²) in [7, 11) is 1.29. The Kier molecular flexibility index (Phi) is 8.27. The van der Waals surface area contributed by atoms with Gasteiger partial charge in [0.25, 0.3) is 5.91 Å². The number of carboxylic acid groups (broad SMARTS) is 1. The van der Waals surface area contributed by atoms with E-state index in [9.17, 15) is 24.6 Å². The molecule has 4 N–H and O–H groups in total. The first kappa shape index (κ1) is 26.0. The minimum atomic E-state index is -1.27. The standard InChI is InChI=1S/C21H35N3O8/c1-20(2,3)8-7-13-14(25)15(32-21(4,5)31-13)16(30-6)18(27)23-12-11-24(19(28)29)10-9-22-17(12)26/h7-8,12-16,25H,9-11H2,1-6H3,(H,22,26)(H,23,27)(H,28,29)/b8-7+/t12?,13-,14+,15-,16-/m1/s1. The van der Waals surface area contributed by atoms with Gasteiger partial charge in [-0.2, -0.15) is 0 Å². The molecule has 2 saturated heterocycles. The molecule has 1 unspecified atom stereocenters. The van der Waals surface area contributed by atoms with Crippen molar-refractivity contribution in [3.63, 3.8) is 0 Å². The van der Waals surface area contributed by atoms with E-state index >= 15 is 0 Å². The summed E-state index contributed by atoms with van der Waals surface area (Å²) in [6.07, 6.45) is -1.90. The number of ether oxygens (including phenoxy) is 3. The topological polar surface area (TPSA) is 147 Å². The van der Waals surface area contributed by atoms with Crippen LogP contribution >= 0.6 is 0 Å². The minimum absolute atomic E-state index is 0.110. The van der Waals surface area contributed by atoms with Crippen molar-refractivity contribution in [2.75, 3.05) is 26.7 Å². The Morgan fingerprint density at radius 1 is 1.34 bits per heavy atom. The molecule has 2 rings (SSSR count). The van der Waals surface area contributed by atoms with Crippen LogP contribution in [0.4, 0.5) is 4.79 Å². The average molecular weight is 458 g/mol. The van der Waals surface area contributed by atoms with Crippen molar-refractivity contribution >= 4 is 17.9 Å². The number of nitrogens with zero attached hydrogens (tertiary/aromatic N) is 1. The van der Waals surface area contributed by atoms with E-state index in [1.165, 1.54) is 7.11 Å². The van der Waals surface area contributed by atoms with Crippen molar-refractivity contribution in [1.29, 1.82) is 0 Å². The molecule has 2 aliphatic heterocycles. The van der Waals surface area contributed by atoms with Crippen molar-refractivity contribution in [1.82, 2.24) is 15.5 Å². The molecule has 0 spiro atoms. The lowest BCUT2D eigenvalue weighted by Crippen LogP contribution is -2.62. The zero-order valence-corrected chi connectivity index (χ0v) is 19.5. The van der Waals surface area contributed by atoms with Crippen LogP contribution in [-0.4, -0.2) is 96.0 Å². The average Bonchev–Trinajstić information content (AvgIpc) is 2.84. The molecule has 0 aromatic heterocycles. The third-order valence-electron chi connectivity index (χ3n) is 5.10. The van der Waals surface area contributed by atoms with Gasteiger partial charge >= 0.3 is 6.09 Å². The van der Waals surface area contributed by atoms with Gasteiger partial charge in [-0.1, -0.05) is 32.9 Å². The smallest absolute Gasteiger partial charge is 0.407 e. The first-order chi connectivity index (χ1) is 14.7. The van der Waals surface area contributed by atoms with Gasteiger partial charge in [0.15, 0.2) is 11.9 Å². The Hall–Kier alpha value is -2.21. The Balaban J connectivity index is 2.20. The molecule has 0 saturated carbocycles. The van der Waals surface area contributed by atoms with Crippen molar-refractivity contribution in [2.24, 2.45) is 5.41 Å². The summed E-state index contributed by atoms with van der Waals surface area (Å²) in [4.78, 5) is 37.7. The number of allylic oxidation sites excluding steroid dienone is 1. The molecule has 2 heterocycles. The second-order valence-electron chi connectivity index (χ2n) is 9.52. The molecule has 0 aromatic rings. The Bertz CT molecular complexity index is 733. The number of aliphatic hydroxyl groups excluding tert-OH is 1. The monoisotopic (exact) mass is 457 g/mol. The Morgan fingerprint density at radius 2 is 2.00 bits per heavy atom. The quantitative estimate of drug-likeness (QED) is 0.425. The lowest BCUT2D eigenvalue weighted by molar-refractivity contribution is -0.334. The summed E-state index contributed by atoms with van der Waals surface area (Å²) >= 11 is 0. The van der Waals surface area contributed by atoms with Crippen LogP contribution in [0, 0.1) is 5.41 Å². The minimum Gasteiger partial charge on any atom is -0.465 e. The van der Waals surface area contributed by atoms with Crippen LogP contribution in [-0.2, 0) is 23.8 Å². The van der Waals surface area contributed by atoms with E-state index in [1.807, 2.05) is 26.8 Å². The number of aliphatic hydroxyl groups is 1. The van der Waals surface area contributed by atoms with E-state index in [0.29, 0.717) is 0 Å². The molecule has 0 aliphatic carbocycles. The second kappa shape index (κ2) is 10.2. The molecule has 2 aliphatic rings. The molecule has 3 amide bonds. The van der Waals surface area contributed by atoms with E-state index in [0.717, 1.165) is 4.90 Å². The van der Waals surface area contributed by atoms with Gasteiger partial charge in [-0.25, -0.2) is 4.79 Å². The van der Waals surface area contributed by atoms with Crippen LogP contribution in [0.15, 0.2) is 12.2 Å². The van der Waals surface area contributed by atoms with Gasteiger partial charge in [-0.3, -0.25) is 9.59 Å². The van der Waals surface area contributed by atoms with E-state index in [1.54, 1.807) is 19.9 Å². The maximum absolute atomic E-state index is 13.0. The number of nitrogens with one attached hydrogen (secondary N) is 2. The van der Waals surface area contributed by atoms with Gasteiger partial charge in [0.05, 0.1) is 6.54 Å². The summed E-state index contributed by atoms with van der Waals surface area (Å²) in [6.45, 7) is 9.38. The Labute approximate surface area is 188 Å². The molecule has 182 valence electrons. The molecule has 11 heteroatoms. The second-order valence-corrected chi connectivity index (χ2v) is 9.52. The van der Waals surface area contributed by atoms with Crippen LogP contribution in [0.5, 0.6) is 0 Å². The van der Waals surface area contributed by atoms with Crippen LogP contribution < -0.4 is 10.6 Å². The normalized spacial score (nSPS) is 29.8. The van der Waals surface area contributed by atoms with Gasteiger partial charge in [0.1, 0.15) is 24.4 Å². The predicted octanol–water partition coefficient (Wildman–Crippen LogP) is 0.0793. The lowest BCUT2D eigenvalue weighted by atomic mass is 9.93. The SMILES string of the molecule is CO[C@@H](C(=O)NC1CN(C(=O)O)CCNC1=O)[C@@H]1OC(C)(C)O[C@H](/C=C/C(C)(C)C)[C@@H]1O. The van der Waals surface area contributed by atoms with Gasteiger partial charge in [0, 0.05) is 20.2 Å². The fourth-order valence-corrected chi connectivity index (χ4v) is 3.55. The van der Waals surface area contributed by atoms with E-state index in [4.69, 9.17) is 14.2 Å². The summed E-state index contributed by atoms with van der Waals surface area (Å²) < 4.78 is 17.0. The molecular formula is C21H35N3O8. The highest BCUT2D eigenvalue weighted by Gasteiger charge is 2.48. The van der Waals surface area contributed by atoms with Gasteiger partial charge in [0.2, 0.25) is 5.91 Å². The number of hydrogen-bond donors (Lipinski definition) is 4. The fraction of sp³-hybridized carbons (Fsp3) is 0.762. The van der Waals surface area contributed by atoms with Crippen LogP contribution in [0.25, 0.3) is 0 Å². The third kappa shape index (κ3) is 6.89. The first-order valence-corrected chi connectivity index (χ1v) is 10.6. The summed E-state index contributed by atoms with van der Waals surface area (Å²) in [5.41, 5.74) is -0.151. The van der Waals surface area contributed by atoms with Gasteiger partial charge in [-0.15, -0.1) is 0 Å². The zero-order chi connectivity index (χ0) is 24.3. The number of rotatable bonds is 5.